The fraction of sp³-hybridized carbons (Fsp3) is 0.833. The number of primary amides is 1. The minimum Gasteiger partial charge on any atom is -0.453 e. The fourth-order valence-electron chi connectivity index (χ4n) is 1.36. The van der Waals surface area contributed by atoms with Gasteiger partial charge in [0, 0.05) is 19.6 Å². The van der Waals surface area contributed by atoms with E-state index < -0.39 is 6.09 Å². The monoisotopic (exact) mass is 247 g/mol. The molecule has 1 rings (SSSR count). The van der Waals surface area contributed by atoms with Gasteiger partial charge in [-0.25, -0.2) is 4.79 Å². The van der Waals surface area contributed by atoms with Gasteiger partial charge in [0.25, 0.3) is 0 Å². The van der Waals surface area contributed by atoms with Crippen LogP contribution in [0.1, 0.15) is 40.0 Å². The van der Waals surface area contributed by atoms with Crippen LogP contribution in [0.2, 0.25) is 0 Å². The van der Waals surface area contributed by atoms with Crippen molar-refractivity contribution in [3.8, 4) is 0 Å². The van der Waals surface area contributed by atoms with Crippen LogP contribution in [0, 0.1) is 5.92 Å². The minimum absolute atomic E-state index is 0.312. The third-order valence-corrected chi connectivity index (χ3v) is 2.12. The number of carbonyl (C=O) groups is 2. The maximum atomic E-state index is 10.7. The molecule has 5 heteroatoms. The number of hydrogen-bond acceptors (Lipinski definition) is 4. The number of ether oxygens (including phenoxy) is 2. The molecule has 0 aromatic carbocycles. The highest BCUT2D eigenvalue weighted by molar-refractivity contribution is 5.75. The van der Waals surface area contributed by atoms with Gasteiger partial charge in [-0.15, -0.1) is 0 Å². The third-order valence-electron chi connectivity index (χ3n) is 2.12. The molecule has 1 fully saturated rings. The van der Waals surface area contributed by atoms with Crippen LogP contribution < -0.4 is 5.73 Å². The van der Waals surface area contributed by atoms with Crippen molar-refractivity contribution in [2.75, 3.05) is 20.3 Å². The van der Waals surface area contributed by atoms with Crippen molar-refractivity contribution in [3.63, 3.8) is 0 Å². The van der Waals surface area contributed by atoms with Crippen LogP contribution >= 0.6 is 0 Å². The van der Waals surface area contributed by atoms with Crippen molar-refractivity contribution in [2.24, 2.45) is 11.7 Å². The Labute approximate surface area is 104 Å². The SMILES string of the molecule is CC.CC(=O)CC1CCOCC1.COC(N)=O. The summed E-state index contributed by atoms with van der Waals surface area (Å²) in [5.41, 5.74) is 4.43. The van der Waals surface area contributed by atoms with Crippen LogP contribution in [-0.4, -0.2) is 32.2 Å². The van der Waals surface area contributed by atoms with Gasteiger partial charge in [-0.3, -0.25) is 0 Å². The average Bonchev–Trinajstić information content (AvgIpc) is 2.33. The quantitative estimate of drug-likeness (QED) is 0.810. The van der Waals surface area contributed by atoms with E-state index >= 15 is 0 Å². The van der Waals surface area contributed by atoms with Gasteiger partial charge in [0.2, 0.25) is 0 Å². The van der Waals surface area contributed by atoms with E-state index in [1.807, 2.05) is 13.8 Å². The zero-order chi connectivity index (χ0) is 13.7. The average molecular weight is 247 g/mol. The van der Waals surface area contributed by atoms with Crippen LogP contribution in [0.25, 0.3) is 0 Å². The largest absolute Gasteiger partial charge is 0.453 e. The molecule has 0 aliphatic carbocycles. The van der Waals surface area contributed by atoms with E-state index in [0.717, 1.165) is 32.5 Å². The summed E-state index contributed by atoms with van der Waals surface area (Å²) >= 11 is 0. The van der Waals surface area contributed by atoms with Gasteiger partial charge >= 0.3 is 6.09 Å². The summed E-state index contributed by atoms with van der Waals surface area (Å²) in [5, 5.41) is 0. The second kappa shape index (κ2) is 13.0. The number of methoxy groups -OCH3 is 1. The molecule has 0 aromatic heterocycles. The molecule has 17 heavy (non-hydrogen) atoms. The molecule has 1 aliphatic rings. The van der Waals surface area contributed by atoms with Crippen LogP contribution in [0.15, 0.2) is 0 Å². The normalized spacial score (nSPS) is 14.6. The van der Waals surface area contributed by atoms with Gasteiger partial charge in [0.05, 0.1) is 7.11 Å². The van der Waals surface area contributed by atoms with Gasteiger partial charge < -0.3 is 20.0 Å². The number of nitrogens with two attached hydrogens (primary N) is 1. The molecule has 0 atom stereocenters. The van der Waals surface area contributed by atoms with E-state index in [4.69, 9.17) is 4.74 Å². The first-order valence-corrected chi connectivity index (χ1v) is 5.96. The topological polar surface area (TPSA) is 78.6 Å². The highest BCUT2D eigenvalue weighted by Crippen LogP contribution is 2.18. The van der Waals surface area contributed by atoms with E-state index in [9.17, 15) is 9.59 Å². The highest BCUT2D eigenvalue weighted by atomic mass is 16.5. The molecule has 0 radical (unpaired) electrons. The smallest absolute Gasteiger partial charge is 0.404 e. The summed E-state index contributed by atoms with van der Waals surface area (Å²) in [6, 6.07) is 0. The number of amides is 1. The standard InChI is InChI=1S/C8H14O2.C2H5NO2.C2H6/c1-7(9)6-8-2-4-10-5-3-8;1-5-2(3)4;1-2/h8H,2-6H2,1H3;1H3,(H2,3,4);1-2H3. The van der Waals surface area contributed by atoms with Crippen molar-refractivity contribution in [1.29, 1.82) is 0 Å². The van der Waals surface area contributed by atoms with E-state index in [0.29, 0.717) is 11.7 Å². The van der Waals surface area contributed by atoms with Gasteiger partial charge in [-0.1, -0.05) is 13.8 Å². The Balaban J connectivity index is 0. The third kappa shape index (κ3) is 14.9. The Morgan fingerprint density at radius 3 is 2.00 bits per heavy atom. The van der Waals surface area contributed by atoms with Crippen LogP contribution in [0.5, 0.6) is 0 Å². The van der Waals surface area contributed by atoms with Crippen molar-refractivity contribution in [1.82, 2.24) is 0 Å². The van der Waals surface area contributed by atoms with Gasteiger partial charge in [-0.05, 0) is 25.7 Å². The van der Waals surface area contributed by atoms with Crippen LogP contribution in [0.3, 0.4) is 0 Å². The van der Waals surface area contributed by atoms with E-state index in [1.165, 1.54) is 7.11 Å². The van der Waals surface area contributed by atoms with E-state index in [-0.39, 0.29) is 0 Å². The Kier molecular flexibility index (Phi) is 13.9. The van der Waals surface area contributed by atoms with Crippen molar-refractivity contribution >= 4 is 11.9 Å². The Hall–Kier alpha value is -1.10. The molecule has 1 heterocycles. The molecule has 1 saturated heterocycles. The van der Waals surface area contributed by atoms with Crippen molar-refractivity contribution in [2.45, 2.75) is 40.0 Å². The molecule has 1 amide bonds. The Morgan fingerprint density at radius 2 is 1.71 bits per heavy atom. The summed E-state index contributed by atoms with van der Waals surface area (Å²) in [6.07, 6.45) is 2.15. The summed E-state index contributed by atoms with van der Waals surface area (Å²) in [4.78, 5) is 20.0. The predicted molar refractivity (Wildman–Crippen MR) is 66.8 cm³/mol. The lowest BCUT2D eigenvalue weighted by Crippen LogP contribution is -2.17. The Morgan fingerprint density at radius 1 is 1.29 bits per heavy atom. The number of hydrogen-bond donors (Lipinski definition) is 1. The lowest BCUT2D eigenvalue weighted by Gasteiger charge is -2.20. The second-order valence-corrected chi connectivity index (χ2v) is 3.49. The second-order valence-electron chi connectivity index (χ2n) is 3.49. The molecule has 0 bridgehead atoms. The molecular formula is C12H25NO4. The van der Waals surface area contributed by atoms with E-state index in [1.54, 1.807) is 6.92 Å². The van der Waals surface area contributed by atoms with Gasteiger partial charge in [0.15, 0.2) is 0 Å². The number of Topliss-reactive ketones (excluding diaryl/α,β-unsaturated/α-hetero) is 1. The number of carbonyl (C=O) groups excluding carboxylic acids is 2. The molecular weight excluding hydrogens is 222 g/mol. The zero-order valence-electron chi connectivity index (χ0n) is 11.3. The lowest BCUT2D eigenvalue weighted by molar-refractivity contribution is -0.118. The van der Waals surface area contributed by atoms with E-state index in [2.05, 4.69) is 10.5 Å². The molecule has 5 nitrogen and oxygen atoms in total. The maximum Gasteiger partial charge on any atom is 0.404 e. The zero-order valence-corrected chi connectivity index (χ0v) is 11.3. The van der Waals surface area contributed by atoms with Crippen LogP contribution in [0.4, 0.5) is 4.79 Å². The molecule has 0 unspecified atom stereocenters. The molecule has 2 N–H and O–H groups in total. The summed E-state index contributed by atoms with van der Waals surface area (Å²) in [7, 11) is 1.22. The fourth-order valence-corrected chi connectivity index (χ4v) is 1.36. The van der Waals surface area contributed by atoms with Gasteiger partial charge in [-0.2, -0.15) is 0 Å². The summed E-state index contributed by atoms with van der Waals surface area (Å²) < 4.78 is 9.06. The summed E-state index contributed by atoms with van der Waals surface area (Å²) in [6.45, 7) is 7.35. The number of ketones is 1. The minimum atomic E-state index is -0.745. The van der Waals surface area contributed by atoms with Crippen LogP contribution in [-0.2, 0) is 14.3 Å². The summed E-state index contributed by atoms with van der Waals surface area (Å²) in [5.74, 6) is 0.915. The first-order valence-electron chi connectivity index (χ1n) is 5.96. The lowest BCUT2D eigenvalue weighted by atomic mass is 9.95. The molecule has 0 saturated carbocycles. The van der Waals surface area contributed by atoms with Gasteiger partial charge in [0.1, 0.15) is 5.78 Å². The van der Waals surface area contributed by atoms with Crippen molar-refractivity contribution < 1.29 is 19.1 Å². The maximum absolute atomic E-state index is 10.7. The molecule has 0 aromatic rings. The molecule has 102 valence electrons. The molecule has 0 spiro atoms. The first kappa shape index (κ1) is 18.3. The Bertz CT molecular complexity index is 201. The predicted octanol–water partition coefficient (Wildman–Crippen LogP) is 2.13. The first-order chi connectivity index (χ1) is 8.06. The highest BCUT2D eigenvalue weighted by Gasteiger charge is 2.14. The number of rotatable bonds is 2. The van der Waals surface area contributed by atoms with Crippen molar-refractivity contribution in [3.05, 3.63) is 0 Å². The molecule has 1 aliphatic heterocycles.